The molecule has 2 rings (SSSR count). The SMILES string of the molecule is CCCCCCCCCCOc1cc(-c2ncccn2)ccc1CCCC(C)F. The fourth-order valence-electron chi connectivity index (χ4n) is 3.47. The fraction of sp³-hybridized carbons (Fsp3) is 0.600. The van der Waals surface area contributed by atoms with Crippen LogP contribution < -0.4 is 4.74 Å². The molecule has 0 spiro atoms. The molecule has 0 radical (unpaired) electrons. The lowest BCUT2D eigenvalue weighted by Crippen LogP contribution is -2.02. The Kier molecular flexibility index (Phi) is 11.3. The van der Waals surface area contributed by atoms with Crippen LogP contribution in [-0.4, -0.2) is 22.7 Å². The standard InChI is InChI=1S/C25H37FN2O/c1-3-4-5-6-7-8-9-10-19-29-24-20-23(25-27-17-12-18-28-25)16-15-22(24)14-11-13-21(2)26/h12,15-18,20-21H,3-11,13-14,19H2,1-2H3. The van der Waals surface area contributed by atoms with E-state index in [9.17, 15) is 4.39 Å². The first kappa shape index (κ1) is 23.3. The van der Waals surface area contributed by atoms with Crippen LogP contribution in [0.1, 0.15) is 83.6 Å². The summed E-state index contributed by atoms with van der Waals surface area (Å²) in [6, 6.07) is 7.97. The van der Waals surface area contributed by atoms with Crippen molar-refractivity contribution in [1.82, 2.24) is 9.97 Å². The fourth-order valence-corrected chi connectivity index (χ4v) is 3.47. The van der Waals surface area contributed by atoms with E-state index in [0.29, 0.717) is 12.2 Å². The van der Waals surface area contributed by atoms with Crippen molar-refractivity contribution in [2.75, 3.05) is 6.61 Å². The maximum atomic E-state index is 13.2. The predicted octanol–water partition coefficient (Wildman–Crippen LogP) is 7.34. The van der Waals surface area contributed by atoms with Gasteiger partial charge >= 0.3 is 0 Å². The summed E-state index contributed by atoms with van der Waals surface area (Å²) in [5.41, 5.74) is 2.10. The maximum Gasteiger partial charge on any atom is 0.159 e. The van der Waals surface area contributed by atoms with Gasteiger partial charge in [0.15, 0.2) is 5.82 Å². The first-order valence-corrected chi connectivity index (χ1v) is 11.4. The molecule has 1 atom stereocenters. The molecule has 0 aliphatic rings. The second-order valence-electron chi connectivity index (χ2n) is 7.89. The number of rotatable bonds is 15. The summed E-state index contributed by atoms with van der Waals surface area (Å²) >= 11 is 0. The summed E-state index contributed by atoms with van der Waals surface area (Å²) in [7, 11) is 0. The Morgan fingerprint density at radius 1 is 0.931 bits per heavy atom. The van der Waals surface area contributed by atoms with Crippen LogP contribution in [0.15, 0.2) is 36.7 Å². The van der Waals surface area contributed by atoms with Crippen molar-refractivity contribution in [2.45, 2.75) is 90.6 Å². The monoisotopic (exact) mass is 400 g/mol. The summed E-state index contributed by atoms with van der Waals surface area (Å²) in [5, 5.41) is 0. The lowest BCUT2D eigenvalue weighted by Gasteiger charge is -2.13. The highest BCUT2D eigenvalue weighted by Gasteiger charge is 2.09. The highest BCUT2D eigenvalue weighted by Crippen LogP contribution is 2.27. The van der Waals surface area contributed by atoms with E-state index in [1.165, 1.54) is 44.9 Å². The molecule has 0 aliphatic carbocycles. The number of hydrogen-bond donors (Lipinski definition) is 0. The number of aryl methyl sites for hydroxylation is 1. The number of benzene rings is 1. The zero-order chi connectivity index (χ0) is 20.7. The van der Waals surface area contributed by atoms with Crippen LogP contribution in [-0.2, 0) is 6.42 Å². The van der Waals surface area contributed by atoms with Crippen molar-refractivity contribution in [3.05, 3.63) is 42.2 Å². The number of hydrogen-bond acceptors (Lipinski definition) is 3. The number of ether oxygens (including phenoxy) is 1. The number of halogens is 1. The molecule has 0 amide bonds. The van der Waals surface area contributed by atoms with Crippen LogP contribution in [0.5, 0.6) is 5.75 Å². The molecule has 1 heterocycles. The molecular weight excluding hydrogens is 363 g/mol. The molecular formula is C25H37FN2O. The van der Waals surface area contributed by atoms with Gasteiger partial charge in [0.25, 0.3) is 0 Å². The molecule has 0 N–H and O–H groups in total. The van der Waals surface area contributed by atoms with Crippen molar-refractivity contribution < 1.29 is 9.13 Å². The highest BCUT2D eigenvalue weighted by atomic mass is 19.1. The second-order valence-corrected chi connectivity index (χ2v) is 7.89. The van der Waals surface area contributed by atoms with Gasteiger partial charge in [-0.05, 0) is 50.3 Å². The molecule has 160 valence electrons. The minimum absolute atomic E-state index is 0.584. The average molecular weight is 401 g/mol. The molecule has 0 bridgehead atoms. The quantitative estimate of drug-likeness (QED) is 0.293. The number of aromatic nitrogens is 2. The summed E-state index contributed by atoms with van der Waals surface area (Å²) in [5.74, 6) is 1.60. The second kappa shape index (κ2) is 14.1. The van der Waals surface area contributed by atoms with Gasteiger partial charge in [0.2, 0.25) is 0 Å². The number of alkyl halides is 1. The molecule has 0 saturated carbocycles. The molecule has 0 saturated heterocycles. The van der Waals surface area contributed by atoms with Crippen LogP contribution in [0.3, 0.4) is 0 Å². The van der Waals surface area contributed by atoms with Gasteiger partial charge in [0, 0.05) is 18.0 Å². The van der Waals surface area contributed by atoms with Crippen LogP contribution in [0.4, 0.5) is 4.39 Å². The maximum absolute atomic E-state index is 13.2. The Labute approximate surface area is 176 Å². The zero-order valence-corrected chi connectivity index (χ0v) is 18.2. The first-order chi connectivity index (χ1) is 14.2. The summed E-state index contributed by atoms with van der Waals surface area (Å²) in [4.78, 5) is 8.68. The van der Waals surface area contributed by atoms with Crippen molar-refractivity contribution in [2.24, 2.45) is 0 Å². The van der Waals surface area contributed by atoms with E-state index in [2.05, 4.69) is 23.0 Å². The van der Waals surface area contributed by atoms with E-state index in [0.717, 1.165) is 42.7 Å². The van der Waals surface area contributed by atoms with Crippen LogP contribution in [0.2, 0.25) is 0 Å². The van der Waals surface area contributed by atoms with Crippen molar-refractivity contribution in [1.29, 1.82) is 0 Å². The minimum Gasteiger partial charge on any atom is -0.493 e. The van der Waals surface area contributed by atoms with Gasteiger partial charge in [-0.1, -0.05) is 64.0 Å². The third-order valence-corrected chi connectivity index (χ3v) is 5.19. The molecule has 1 aromatic carbocycles. The van der Waals surface area contributed by atoms with E-state index in [1.807, 2.05) is 18.2 Å². The average Bonchev–Trinajstić information content (AvgIpc) is 2.73. The molecule has 3 nitrogen and oxygen atoms in total. The van der Waals surface area contributed by atoms with Gasteiger partial charge in [0.05, 0.1) is 12.8 Å². The van der Waals surface area contributed by atoms with E-state index >= 15 is 0 Å². The molecule has 0 fully saturated rings. The van der Waals surface area contributed by atoms with Crippen LogP contribution >= 0.6 is 0 Å². The Bertz CT molecular complexity index is 676. The normalized spacial score (nSPS) is 12.1. The van der Waals surface area contributed by atoms with E-state index in [4.69, 9.17) is 4.74 Å². The first-order valence-electron chi connectivity index (χ1n) is 11.4. The zero-order valence-electron chi connectivity index (χ0n) is 18.2. The molecule has 1 aromatic heterocycles. The summed E-state index contributed by atoms with van der Waals surface area (Å²) in [6.45, 7) is 4.60. The van der Waals surface area contributed by atoms with Gasteiger partial charge < -0.3 is 4.74 Å². The van der Waals surface area contributed by atoms with Gasteiger partial charge in [-0.2, -0.15) is 0 Å². The Hall–Kier alpha value is -1.97. The molecule has 4 heteroatoms. The van der Waals surface area contributed by atoms with Gasteiger partial charge in [-0.25, -0.2) is 14.4 Å². The summed E-state index contributed by atoms with van der Waals surface area (Å²) < 4.78 is 19.3. The van der Waals surface area contributed by atoms with Crippen LogP contribution in [0.25, 0.3) is 11.4 Å². The third-order valence-electron chi connectivity index (χ3n) is 5.19. The number of unbranched alkanes of at least 4 members (excludes halogenated alkanes) is 7. The lowest BCUT2D eigenvalue weighted by atomic mass is 10.0. The summed E-state index contributed by atoms with van der Waals surface area (Å²) in [6.07, 6.45) is 15.2. The van der Waals surface area contributed by atoms with E-state index in [-0.39, 0.29) is 0 Å². The van der Waals surface area contributed by atoms with Gasteiger partial charge in [-0.15, -0.1) is 0 Å². The molecule has 0 aliphatic heterocycles. The van der Waals surface area contributed by atoms with Gasteiger partial charge in [0.1, 0.15) is 5.75 Å². The molecule has 2 aromatic rings. The third kappa shape index (κ3) is 9.38. The smallest absolute Gasteiger partial charge is 0.159 e. The molecule has 1 unspecified atom stereocenters. The topological polar surface area (TPSA) is 35.0 Å². The van der Waals surface area contributed by atoms with E-state index < -0.39 is 6.17 Å². The highest BCUT2D eigenvalue weighted by molar-refractivity contribution is 5.59. The predicted molar refractivity (Wildman–Crippen MR) is 119 cm³/mol. The van der Waals surface area contributed by atoms with Crippen molar-refractivity contribution >= 4 is 0 Å². The van der Waals surface area contributed by atoms with Crippen molar-refractivity contribution in [3.63, 3.8) is 0 Å². The minimum atomic E-state index is -0.756. The largest absolute Gasteiger partial charge is 0.493 e. The Morgan fingerprint density at radius 2 is 1.62 bits per heavy atom. The van der Waals surface area contributed by atoms with Crippen molar-refractivity contribution in [3.8, 4) is 17.1 Å². The van der Waals surface area contributed by atoms with Gasteiger partial charge in [-0.3, -0.25) is 0 Å². The number of nitrogens with zero attached hydrogens (tertiary/aromatic N) is 2. The Morgan fingerprint density at radius 3 is 2.31 bits per heavy atom. The van der Waals surface area contributed by atoms with E-state index in [1.54, 1.807) is 19.3 Å². The Balaban J connectivity index is 1.88. The van der Waals surface area contributed by atoms with Crippen LogP contribution in [0, 0.1) is 0 Å². The lowest BCUT2D eigenvalue weighted by molar-refractivity contribution is 0.299. The molecule has 29 heavy (non-hydrogen) atoms.